The molecule has 6 heteroatoms. The Morgan fingerprint density at radius 1 is 1.00 bits per heavy atom. The number of carbonyl (C=O) groups excluding carboxylic acids is 2. The molecule has 0 radical (unpaired) electrons. The molecule has 1 N–H and O–H groups in total. The molecule has 0 saturated carbocycles. The molecule has 1 saturated heterocycles. The summed E-state index contributed by atoms with van der Waals surface area (Å²) in [5.41, 5.74) is 1.99. The fourth-order valence-electron chi connectivity index (χ4n) is 4.00. The van der Waals surface area contributed by atoms with Gasteiger partial charge in [-0.15, -0.1) is 0 Å². The van der Waals surface area contributed by atoms with Crippen LogP contribution in [0.15, 0.2) is 97.1 Å². The van der Waals surface area contributed by atoms with E-state index >= 15 is 0 Å². The number of ether oxygens (including phenoxy) is 2. The molecular weight excluding hydrogens is 430 g/mol. The zero-order chi connectivity index (χ0) is 24.1. The minimum atomic E-state index is -0.783. The molecule has 1 heterocycles. The molecule has 1 fully saturated rings. The van der Waals surface area contributed by atoms with E-state index in [1.165, 1.54) is 4.90 Å². The van der Waals surface area contributed by atoms with E-state index in [9.17, 15) is 14.7 Å². The Labute approximate surface area is 198 Å². The summed E-state index contributed by atoms with van der Waals surface area (Å²) in [6, 6.07) is 22.5. The van der Waals surface area contributed by atoms with Gasteiger partial charge in [0, 0.05) is 12.1 Å². The number of amides is 1. The third-order valence-corrected chi connectivity index (χ3v) is 5.64. The predicted molar refractivity (Wildman–Crippen MR) is 129 cm³/mol. The highest BCUT2D eigenvalue weighted by Gasteiger charge is 2.46. The van der Waals surface area contributed by atoms with Gasteiger partial charge in [0.1, 0.15) is 23.9 Å². The maximum Gasteiger partial charge on any atom is 0.295 e. The average molecular weight is 456 g/mol. The molecule has 3 aromatic carbocycles. The molecule has 0 aliphatic carbocycles. The smallest absolute Gasteiger partial charge is 0.295 e. The molecule has 0 aromatic heterocycles. The van der Waals surface area contributed by atoms with Crippen LogP contribution in [0.25, 0.3) is 5.76 Å². The Kier molecular flexibility index (Phi) is 6.78. The Morgan fingerprint density at radius 3 is 2.41 bits per heavy atom. The van der Waals surface area contributed by atoms with Gasteiger partial charge in [-0.3, -0.25) is 9.59 Å². The van der Waals surface area contributed by atoms with Crippen molar-refractivity contribution in [1.29, 1.82) is 0 Å². The largest absolute Gasteiger partial charge is 0.507 e. The van der Waals surface area contributed by atoms with Crippen molar-refractivity contribution in [2.75, 3.05) is 13.7 Å². The van der Waals surface area contributed by atoms with Gasteiger partial charge in [-0.2, -0.15) is 0 Å². The second-order valence-electron chi connectivity index (χ2n) is 7.81. The van der Waals surface area contributed by atoms with Crippen molar-refractivity contribution in [2.24, 2.45) is 0 Å². The number of hydrogen-bond donors (Lipinski definition) is 1. The lowest BCUT2D eigenvalue weighted by atomic mass is 9.95. The Morgan fingerprint density at radius 2 is 1.74 bits per heavy atom. The van der Waals surface area contributed by atoms with Gasteiger partial charge in [0.2, 0.25) is 0 Å². The SMILES string of the molecule is C=CCOc1cccc(C2C(=C(O)c3ccc(OC)cc3)C(=O)C(=O)N2Cc2ccccc2)c1. The number of likely N-dealkylation sites (tertiary alicyclic amines) is 1. The van der Waals surface area contributed by atoms with Gasteiger partial charge in [0.05, 0.1) is 18.7 Å². The second kappa shape index (κ2) is 10.1. The first-order valence-electron chi connectivity index (χ1n) is 10.8. The summed E-state index contributed by atoms with van der Waals surface area (Å²) in [5.74, 6) is -0.441. The number of aliphatic hydroxyl groups excluding tert-OH is 1. The van der Waals surface area contributed by atoms with Crippen LogP contribution >= 0.6 is 0 Å². The van der Waals surface area contributed by atoms with Crippen molar-refractivity contribution < 1.29 is 24.2 Å². The van der Waals surface area contributed by atoms with Crippen LogP contribution < -0.4 is 9.47 Å². The van der Waals surface area contributed by atoms with E-state index in [4.69, 9.17) is 9.47 Å². The van der Waals surface area contributed by atoms with E-state index < -0.39 is 17.7 Å². The maximum absolute atomic E-state index is 13.2. The first-order valence-corrected chi connectivity index (χ1v) is 10.8. The first kappa shape index (κ1) is 22.9. The number of Topliss-reactive ketones (excluding diaryl/α,β-unsaturated/α-hetero) is 1. The number of aliphatic hydroxyl groups is 1. The number of ketones is 1. The van der Waals surface area contributed by atoms with E-state index in [1.54, 1.807) is 55.7 Å². The summed E-state index contributed by atoms with van der Waals surface area (Å²) < 4.78 is 10.9. The molecule has 0 bridgehead atoms. The van der Waals surface area contributed by atoms with Crippen LogP contribution in [0.4, 0.5) is 0 Å². The lowest BCUT2D eigenvalue weighted by molar-refractivity contribution is -0.140. The number of benzene rings is 3. The zero-order valence-electron chi connectivity index (χ0n) is 18.8. The minimum absolute atomic E-state index is 0.0342. The third-order valence-electron chi connectivity index (χ3n) is 5.64. The van der Waals surface area contributed by atoms with Crippen molar-refractivity contribution in [3.05, 3.63) is 114 Å². The summed E-state index contributed by atoms with van der Waals surface area (Å²) in [5, 5.41) is 11.2. The molecule has 1 unspecified atom stereocenters. The predicted octanol–water partition coefficient (Wildman–Crippen LogP) is 4.88. The molecule has 1 atom stereocenters. The summed E-state index contributed by atoms with van der Waals surface area (Å²) in [7, 11) is 1.55. The molecule has 1 aliphatic heterocycles. The monoisotopic (exact) mass is 455 g/mol. The van der Waals surface area contributed by atoms with Gasteiger partial charge in [-0.05, 0) is 47.5 Å². The Bertz CT molecular complexity index is 1230. The van der Waals surface area contributed by atoms with Gasteiger partial charge in [-0.25, -0.2) is 0 Å². The van der Waals surface area contributed by atoms with E-state index in [2.05, 4.69) is 6.58 Å². The lowest BCUT2D eigenvalue weighted by Crippen LogP contribution is -2.29. The molecular formula is C28H25NO5. The summed E-state index contributed by atoms with van der Waals surface area (Å²) in [6.07, 6.45) is 1.64. The molecule has 1 amide bonds. The van der Waals surface area contributed by atoms with E-state index in [0.29, 0.717) is 29.2 Å². The van der Waals surface area contributed by atoms with E-state index in [0.717, 1.165) is 5.56 Å². The van der Waals surface area contributed by atoms with Gasteiger partial charge in [-0.1, -0.05) is 55.1 Å². The minimum Gasteiger partial charge on any atom is -0.507 e. The summed E-state index contributed by atoms with van der Waals surface area (Å²) in [4.78, 5) is 27.9. The van der Waals surface area contributed by atoms with Crippen molar-refractivity contribution in [2.45, 2.75) is 12.6 Å². The van der Waals surface area contributed by atoms with Crippen LogP contribution in [0.3, 0.4) is 0 Å². The Balaban J connectivity index is 1.83. The van der Waals surface area contributed by atoms with E-state index in [-0.39, 0.29) is 17.9 Å². The van der Waals surface area contributed by atoms with Crippen molar-refractivity contribution in [1.82, 2.24) is 4.90 Å². The highest BCUT2D eigenvalue weighted by Crippen LogP contribution is 2.41. The average Bonchev–Trinajstić information content (AvgIpc) is 3.13. The van der Waals surface area contributed by atoms with Crippen molar-refractivity contribution >= 4 is 17.4 Å². The standard InChI is InChI=1S/C28H25NO5/c1-3-16-34-23-11-7-10-21(17-23)25-24(26(30)20-12-14-22(33-2)15-13-20)27(31)28(32)29(25)18-19-8-5-4-6-9-19/h3-15,17,25,30H,1,16,18H2,2H3. The Hall–Kier alpha value is -4.32. The van der Waals surface area contributed by atoms with Gasteiger partial charge in [0.25, 0.3) is 11.7 Å². The van der Waals surface area contributed by atoms with Gasteiger partial charge < -0.3 is 19.5 Å². The summed E-state index contributed by atoms with van der Waals surface area (Å²) >= 11 is 0. The van der Waals surface area contributed by atoms with Crippen LogP contribution in [0.1, 0.15) is 22.7 Å². The second-order valence-corrected chi connectivity index (χ2v) is 7.81. The van der Waals surface area contributed by atoms with Crippen LogP contribution in [-0.2, 0) is 16.1 Å². The van der Waals surface area contributed by atoms with Crippen molar-refractivity contribution in [3.8, 4) is 11.5 Å². The normalized spacial score (nSPS) is 17.0. The fraction of sp³-hybridized carbons (Fsp3) is 0.143. The van der Waals surface area contributed by atoms with Gasteiger partial charge >= 0.3 is 0 Å². The van der Waals surface area contributed by atoms with Crippen LogP contribution in [0, 0.1) is 0 Å². The van der Waals surface area contributed by atoms with Crippen LogP contribution in [-0.4, -0.2) is 35.4 Å². The molecule has 172 valence electrons. The highest BCUT2D eigenvalue weighted by molar-refractivity contribution is 6.46. The number of hydrogen-bond acceptors (Lipinski definition) is 5. The number of rotatable bonds is 8. The topological polar surface area (TPSA) is 76.1 Å². The quantitative estimate of drug-likeness (QED) is 0.227. The van der Waals surface area contributed by atoms with E-state index in [1.807, 2.05) is 36.4 Å². The number of nitrogens with zero attached hydrogens (tertiary/aromatic N) is 1. The zero-order valence-corrected chi connectivity index (χ0v) is 18.8. The highest BCUT2D eigenvalue weighted by atomic mass is 16.5. The number of methoxy groups -OCH3 is 1. The molecule has 4 rings (SSSR count). The molecule has 34 heavy (non-hydrogen) atoms. The molecule has 0 spiro atoms. The lowest BCUT2D eigenvalue weighted by Gasteiger charge is -2.26. The fourth-order valence-corrected chi connectivity index (χ4v) is 4.00. The number of carbonyl (C=O) groups is 2. The van der Waals surface area contributed by atoms with Gasteiger partial charge in [0.15, 0.2) is 0 Å². The maximum atomic E-state index is 13.2. The van der Waals surface area contributed by atoms with Crippen LogP contribution in [0.2, 0.25) is 0 Å². The molecule has 1 aliphatic rings. The van der Waals surface area contributed by atoms with Crippen LogP contribution in [0.5, 0.6) is 11.5 Å². The van der Waals surface area contributed by atoms with Crippen molar-refractivity contribution in [3.63, 3.8) is 0 Å². The third kappa shape index (κ3) is 4.57. The summed E-state index contributed by atoms with van der Waals surface area (Å²) in [6.45, 7) is 4.20. The molecule has 3 aromatic rings. The first-order chi connectivity index (χ1) is 16.5. The molecule has 6 nitrogen and oxygen atoms in total.